The number of Topliss-reactive ketones (excluding diaryl/α,β-unsaturated/α-hetero) is 1. The molecule has 4 heteroatoms. The number of carbonyl (C=O) groups is 1. The molecule has 1 heterocycles. The highest BCUT2D eigenvalue weighted by molar-refractivity contribution is 5.89. The molecule has 90 valence electrons. The summed E-state index contributed by atoms with van der Waals surface area (Å²) in [6.07, 6.45) is 5.66. The second-order valence-corrected chi connectivity index (χ2v) is 4.41. The van der Waals surface area contributed by atoms with E-state index < -0.39 is 5.54 Å². The van der Waals surface area contributed by atoms with Crippen LogP contribution in [0.5, 0.6) is 0 Å². The molecule has 1 unspecified atom stereocenters. The maximum atomic E-state index is 11.9. The SMILES string of the molecule is CCCn1ccnc1CC(=O)C(C)(N)CC. The third kappa shape index (κ3) is 2.92. The van der Waals surface area contributed by atoms with Gasteiger partial charge in [-0.25, -0.2) is 4.98 Å². The Morgan fingerprint density at radius 2 is 2.25 bits per heavy atom. The number of nitrogens with two attached hydrogens (primary N) is 1. The van der Waals surface area contributed by atoms with Gasteiger partial charge < -0.3 is 10.3 Å². The Balaban J connectivity index is 2.73. The number of rotatable bonds is 6. The van der Waals surface area contributed by atoms with Gasteiger partial charge in [0.05, 0.1) is 12.0 Å². The van der Waals surface area contributed by atoms with Crippen molar-refractivity contribution in [1.82, 2.24) is 9.55 Å². The lowest BCUT2D eigenvalue weighted by molar-refractivity contribution is -0.123. The standard InChI is InChI=1S/C12H21N3O/c1-4-7-15-8-6-14-11(15)9-10(16)12(3,13)5-2/h6,8H,4-5,7,9,13H2,1-3H3. The van der Waals surface area contributed by atoms with E-state index in [1.54, 1.807) is 13.1 Å². The molecule has 4 nitrogen and oxygen atoms in total. The number of imidazole rings is 1. The van der Waals surface area contributed by atoms with E-state index in [0.717, 1.165) is 18.8 Å². The smallest absolute Gasteiger partial charge is 0.159 e. The largest absolute Gasteiger partial charge is 0.335 e. The molecular formula is C12H21N3O. The van der Waals surface area contributed by atoms with Gasteiger partial charge in [-0.1, -0.05) is 13.8 Å². The van der Waals surface area contributed by atoms with E-state index in [4.69, 9.17) is 5.73 Å². The van der Waals surface area contributed by atoms with Crippen molar-refractivity contribution in [3.8, 4) is 0 Å². The molecule has 1 aromatic heterocycles. The van der Waals surface area contributed by atoms with E-state index >= 15 is 0 Å². The number of aryl methyl sites for hydroxylation is 1. The molecule has 0 bridgehead atoms. The Kier molecular flexibility index (Phi) is 4.24. The fourth-order valence-electron chi connectivity index (χ4n) is 1.49. The summed E-state index contributed by atoms with van der Waals surface area (Å²) in [7, 11) is 0. The number of hydrogen-bond acceptors (Lipinski definition) is 3. The van der Waals surface area contributed by atoms with Gasteiger partial charge in [0.1, 0.15) is 5.82 Å². The molecule has 2 N–H and O–H groups in total. The van der Waals surface area contributed by atoms with Crippen LogP contribution in [0.15, 0.2) is 12.4 Å². The molecule has 0 radical (unpaired) electrons. The van der Waals surface area contributed by atoms with E-state index in [9.17, 15) is 4.79 Å². The zero-order valence-corrected chi connectivity index (χ0v) is 10.4. The van der Waals surface area contributed by atoms with Gasteiger partial charge in [0.15, 0.2) is 5.78 Å². The van der Waals surface area contributed by atoms with Crippen molar-refractivity contribution in [2.45, 2.75) is 52.1 Å². The third-order valence-corrected chi connectivity index (χ3v) is 2.96. The summed E-state index contributed by atoms with van der Waals surface area (Å²) in [4.78, 5) is 16.2. The Morgan fingerprint density at radius 3 is 2.81 bits per heavy atom. The van der Waals surface area contributed by atoms with Crippen LogP contribution in [-0.2, 0) is 17.8 Å². The summed E-state index contributed by atoms with van der Waals surface area (Å²) >= 11 is 0. The molecular weight excluding hydrogens is 202 g/mol. The van der Waals surface area contributed by atoms with Crippen LogP contribution in [0.1, 0.15) is 39.4 Å². The van der Waals surface area contributed by atoms with Crippen molar-refractivity contribution < 1.29 is 4.79 Å². The zero-order chi connectivity index (χ0) is 12.2. The van der Waals surface area contributed by atoms with Crippen LogP contribution in [-0.4, -0.2) is 20.9 Å². The summed E-state index contributed by atoms with van der Waals surface area (Å²) in [5.74, 6) is 0.871. The quantitative estimate of drug-likeness (QED) is 0.795. The van der Waals surface area contributed by atoms with Gasteiger partial charge in [-0.15, -0.1) is 0 Å². The first-order chi connectivity index (χ1) is 7.51. The van der Waals surface area contributed by atoms with Gasteiger partial charge >= 0.3 is 0 Å². The van der Waals surface area contributed by atoms with Gasteiger partial charge in [0.2, 0.25) is 0 Å². The molecule has 0 aliphatic carbocycles. The lowest BCUT2D eigenvalue weighted by atomic mass is 9.92. The highest BCUT2D eigenvalue weighted by Crippen LogP contribution is 2.11. The Bertz CT molecular complexity index is 355. The van der Waals surface area contributed by atoms with Gasteiger partial charge in [0, 0.05) is 18.9 Å². The third-order valence-electron chi connectivity index (χ3n) is 2.96. The van der Waals surface area contributed by atoms with Crippen LogP contribution < -0.4 is 5.73 Å². The molecule has 0 spiro atoms. The first kappa shape index (κ1) is 12.9. The fourth-order valence-corrected chi connectivity index (χ4v) is 1.49. The molecule has 0 amide bonds. The highest BCUT2D eigenvalue weighted by Gasteiger charge is 2.26. The van der Waals surface area contributed by atoms with Crippen molar-refractivity contribution in [1.29, 1.82) is 0 Å². The second kappa shape index (κ2) is 5.25. The second-order valence-electron chi connectivity index (χ2n) is 4.41. The van der Waals surface area contributed by atoms with E-state index in [1.165, 1.54) is 0 Å². The maximum Gasteiger partial charge on any atom is 0.159 e. The van der Waals surface area contributed by atoms with E-state index in [-0.39, 0.29) is 5.78 Å². The lowest BCUT2D eigenvalue weighted by Crippen LogP contribution is -2.45. The van der Waals surface area contributed by atoms with Crippen molar-refractivity contribution in [3.63, 3.8) is 0 Å². The summed E-state index contributed by atoms with van der Waals surface area (Å²) in [5, 5.41) is 0. The normalized spacial score (nSPS) is 14.8. The number of hydrogen-bond donors (Lipinski definition) is 1. The molecule has 0 aliphatic rings. The number of aromatic nitrogens is 2. The Hall–Kier alpha value is -1.16. The summed E-state index contributed by atoms with van der Waals surface area (Å²) < 4.78 is 2.02. The van der Waals surface area contributed by atoms with E-state index in [0.29, 0.717) is 12.8 Å². The highest BCUT2D eigenvalue weighted by atomic mass is 16.1. The maximum absolute atomic E-state index is 11.9. The number of carbonyl (C=O) groups excluding carboxylic acids is 1. The van der Waals surface area contributed by atoms with Crippen LogP contribution in [0.4, 0.5) is 0 Å². The predicted octanol–water partition coefficient (Wildman–Crippen LogP) is 1.53. The predicted molar refractivity (Wildman–Crippen MR) is 64.1 cm³/mol. The fraction of sp³-hybridized carbons (Fsp3) is 0.667. The molecule has 1 rings (SSSR count). The van der Waals surface area contributed by atoms with Crippen molar-refractivity contribution in [3.05, 3.63) is 18.2 Å². The average molecular weight is 223 g/mol. The van der Waals surface area contributed by atoms with Crippen LogP contribution in [0.3, 0.4) is 0 Å². The Morgan fingerprint density at radius 1 is 1.56 bits per heavy atom. The minimum atomic E-state index is -0.733. The molecule has 0 aromatic carbocycles. The molecule has 16 heavy (non-hydrogen) atoms. The van der Waals surface area contributed by atoms with Crippen LogP contribution in [0.25, 0.3) is 0 Å². The molecule has 0 aliphatic heterocycles. The Labute approximate surface area is 96.9 Å². The summed E-state index contributed by atoms with van der Waals surface area (Å²) in [5.41, 5.74) is 5.18. The van der Waals surface area contributed by atoms with Gasteiger partial charge in [-0.05, 0) is 19.8 Å². The van der Waals surface area contributed by atoms with Crippen LogP contribution >= 0.6 is 0 Å². The van der Waals surface area contributed by atoms with Gasteiger partial charge in [-0.3, -0.25) is 4.79 Å². The lowest BCUT2D eigenvalue weighted by Gasteiger charge is -2.20. The minimum Gasteiger partial charge on any atom is -0.335 e. The topological polar surface area (TPSA) is 60.9 Å². The number of ketones is 1. The average Bonchev–Trinajstić information content (AvgIpc) is 2.66. The van der Waals surface area contributed by atoms with Crippen LogP contribution in [0, 0.1) is 0 Å². The molecule has 1 aromatic rings. The van der Waals surface area contributed by atoms with Crippen molar-refractivity contribution in [2.24, 2.45) is 5.73 Å². The molecule has 0 fully saturated rings. The molecule has 0 saturated carbocycles. The first-order valence-corrected chi connectivity index (χ1v) is 5.83. The number of nitrogens with zero attached hydrogens (tertiary/aromatic N) is 2. The van der Waals surface area contributed by atoms with Gasteiger partial charge in [-0.2, -0.15) is 0 Å². The monoisotopic (exact) mass is 223 g/mol. The molecule has 0 saturated heterocycles. The summed E-state index contributed by atoms with van der Waals surface area (Å²) in [6, 6.07) is 0. The molecule has 1 atom stereocenters. The van der Waals surface area contributed by atoms with Gasteiger partial charge in [0.25, 0.3) is 0 Å². The van der Waals surface area contributed by atoms with Crippen molar-refractivity contribution >= 4 is 5.78 Å². The van der Waals surface area contributed by atoms with Crippen LogP contribution in [0.2, 0.25) is 0 Å². The minimum absolute atomic E-state index is 0.0542. The summed E-state index contributed by atoms with van der Waals surface area (Å²) in [6.45, 7) is 6.71. The van der Waals surface area contributed by atoms with E-state index in [1.807, 2.05) is 17.7 Å². The van der Waals surface area contributed by atoms with E-state index in [2.05, 4.69) is 11.9 Å². The zero-order valence-electron chi connectivity index (χ0n) is 10.4. The van der Waals surface area contributed by atoms with Crippen molar-refractivity contribution in [2.75, 3.05) is 0 Å². The first-order valence-electron chi connectivity index (χ1n) is 5.83.